The summed E-state index contributed by atoms with van der Waals surface area (Å²) < 4.78 is 7.18. The van der Waals surface area contributed by atoms with E-state index in [1.807, 2.05) is 30.3 Å². The largest absolute Gasteiger partial charge is 0.485 e. The van der Waals surface area contributed by atoms with Crippen molar-refractivity contribution in [3.05, 3.63) is 64.6 Å². The highest BCUT2D eigenvalue weighted by Crippen LogP contribution is 2.30. The number of para-hydroxylation sites is 1. The molecule has 1 atom stereocenters. The first-order valence-electron chi connectivity index (χ1n) is 7.47. The van der Waals surface area contributed by atoms with Gasteiger partial charge in [-0.15, -0.1) is 0 Å². The molecule has 124 valence electrons. The van der Waals surface area contributed by atoms with Gasteiger partial charge in [0.1, 0.15) is 11.9 Å². The fourth-order valence-corrected chi connectivity index (χ4v) is 2.44. The van der Waals surface area contributed by atoms with Crippen LogP contribution in [0.4, 0.5) is 0 Å². The lowest BCUT2D eigenvalue weighted by Crippen LogP contribution is -2.19. The second kappa shape index (κ2) is 11.7. The summed E-state index contributed by atoms with van der Waals surface area (Å²) in [6, 6.07) is 18.4. The van der Waals surface area contributed by atoms with Crippen molar-refractivity contribution in [3.63, 3.8) is 0 Å². The van der Waals surface area contributed by atoms with Crippen molar-refractivity contribution in [1.82, 2.24) is 5.32 Å². The maximum Gasteiger partial charge on any atom is 0.290 e. The van der Waals surface area contributed by atoms with Gasteiger partial charge in [0.25, 0.3) is 6.47 Å². The lowest BCUT2D eigenvalue weighted by atomic mass is 10.1. The van der Waals surface area contributed by atoms with Gasteiger partial charge in [-0.1, -0.05) is 49.4 Å². The van der Waals surface area contributed by atoms with Crippen LogP contribution < -0.4 is 10.1 Å². The van der Waals surface area contributed by atoms with E-state index in [1.165, 1.54) is 5.56 Å². The van der Waals surface area contributed by atoms with Gasteiger partial charge in [0, 0.05) is 6.42 Å². The summed E-state index contributed by atoms with van der Waals surface area (Å²) in [6.45, 7) is 3.79. The first-order chi connectivity index (χ1) is 11.2. The molecule has 1 unspecified atom stereocenters. The topological polar surface area (TPSA) is 58.6 Å². The Balaban J connectivity index is 0.000000816. The molecule has 0 bridgehead atoms. The predicted octanol–water partition coefficient (Wildman–Crippen LogP) is 4.27. The third kappa shape index (κ3) is 7.30. The molecule has 23 heavy (non-hydrogen) atoms. The van der Waals surface area contributed by atoms with Crippen LogP contribution >= 0.6 is 15.9 Å². The van der Waals surface area contributed by atoms with Crippen LogP contribution in [0.5, 0.6) is 5.75 Å². The summed E-state index contributed by atoms with van der Waals surface area (Å²) >= 11 is 3.54. The normalized spacial score (nSPS) is 11.0. The quantitative estimate of drug-likeness (QED) is 0.556. The van der Waals surface area contributed by atoms with Gasteiger partial charge in [-0.3, -0.25) is 4.79 Å². The molecule has 0 amide bonds. The van der Waals surface area contributed by atoms with Gasteiger partial charge < -0.3 is 15.2 Å². The fraction of sp³-hybridized carbons (Fsp3) is 0.278. The van der Waals surface area contributed by atoms with E-state index in [1.54, 1.807) is 0 Å². The molecule has 2 N–H and O–H groups in total. The summed E-state index contributed by atoms with van der Waals surface area (Å²) in [6.07, 6.45) is 1.01. The van der Waals surface area contributed by atoms with E-state index < -0.39 is 0 Å². The molecule has 0 aliphatic heterocycles. The van der Waals surface area contributed by atoms with E-state index >= 15 is 0 Å². The molecule has 0 fully saturated rings. The Morgan fingerprint density at radius 2 is 1.78 bits per heavy atom. The van der Waals surface area contributed by atoms with Crippen LogP contribution in [-0.4, -0.2) is 24.7 Å². The molecule has 0 heterocycles. The number of carboxylic acid groups (broad SMARTS) is 1. The monoisotopic (exact) mass is 379 g/mol. The van der Waals surface area contributed by atoms with Gasteiger partial charge in [-0.2, -0.15) is 0 Å². The Labute approximate surface area is 145 Å². The molecule has 0 radical (unpaired) electrons. The van der Waals surface area contributed by atoms with Crippen molar-refractivity contribution in [3.8, 4) is 5.75 Å². The van der Waals surface area contributed by atoms with Crippen LogP contribution in [0.3, 0.4) is 0 Å². The number of hydrogen-bond acceptors (Lipinski definition) is 3. The van der Waals surface area contributed by atoms with Crippen molar-refractivity contribution in [2.45, 2.75) is 19.4 Å². The zero-order valence-corrected chi connectivity index (χ0v) is 14.7. The van der Waals surface area contributed by atoms with E-state index in [2.05, 4.69) is 52.4 Å². The molecule has 5 heteroatoms. The Kier molecular flexibility index (Phi) is 9.75. The molecule has 0 saturated carbocycles. The lowest BCUT2D eigenvalue weighted by Gasteiger charge is -2.20. The third-order valence-corrected chi connectivity index (χ3v) is 3.77. The molecular formula is C18H22BrNO3. The minimum Gasteiger partial charge on any atom is -0.485 e. The molecule has 0 spiro atoms. The summed E-state index contributed by atoms with van der Waals surface area (Å²) in [5.74, 6) is 0.887. The fourth-order valence-electron chi connectivity index (χ4n) is 2.06. The smallest absolute Gasteiger partial charge is 0.290 e. The zero-order valence-electron chi connectivity index (χ0n) is 13.1. The Bertz CT molecular complexity index is 563. The average Bonchev–Trinajstić information content (AvgIpc) is 2.57. The van der Waals surface area contributed by atoms with Crippen molar-refractivity contribution >= 4 is 22.4 Å². The number of nitrogens with one attached hydrogen (secondary N) is 1. The molecule has 0 saturated heterocycles. The Morgan fingerprint density at radius 1 is 1.17 bits per heavy atom. The van der Waals surface area contributed by atoms with Crippen LogP contribution in [-0.2, 0) is 4.79 Å². The van der Waals surface area contributed by atoms with Crippen LogP contribution in [0.25, 0.3) is 0 Å². The molecule has 2 aromatic carbocycles. The third-order valence-electron chi connectivity index (χ3n) is 3.11. The molecule has 2 rings (SSSR count). The van der Waals surface area contributed by atoms with Crippen molar-refractivity contribution in [1.29, 1.82) is 0 Å². The van der Waals surface area contributed by atoms with Crippen LogP contribution in [0, 0.1) is 0 Å². The molecule has 4 nitrogen and oxygen atoms in total. The van der Waals surface area contributed by atoms with Gasteiger partial charge in [0.05, 0.1) is 4.47 Å². The summed E-state index contributed by atoms with van der Waals surface area (Å²) in [5.41, 5.74) is 1.21. The predicted molar refractivity (Wildman–Crippen MR) is 95.8 cm³/mol. The summed E-state index contributed by atoms with van der Waals surface area (Å²) in [4.78, 5) is 8.36. The highest BCUT2D eigenvalue weighted by atomic mass is 79.9. The highest BCUT2D eigenvalue weighted by Gasteiger charge is 2.14. The Morgan fingerprint density at radius 3 is 2.39 bits per heavy atom. The van der Waals surface area contributed by atoms with Gasteiger partial charge in [0.15, 0.2) is 0 Å². The zero-order chi connectivity index (χ0) is 16.9. The van der Waals surface area contributed by atoms with Gasteiger partial charge in [0.2, 0.25) is 0 Å². The average molecular weight is 380 g/mol. The number of ether oxygens (including phenoxy) is 1. The highest BCUT2D eigenvalue weighted by molar-refractivity contribution is 9.10. The maximum atomic E-state index is 8.36. The minimum atomic E-state index is -0.250. The molecular weight excluding hydrogens is 358 g/mol. The lowest BCUT2D eigenvalue weighted by molar-refractivity contribution is -0.122. The molecule has 2 aromatic rings. The van der Waals surface area contributed by atoms with Gasteiger partial charge in [-0.05, 0) is 46.7 Å². The minimum absolute atomic E-state index is 0.0638. The first kappa shape index (κ1) is 19.2. The number of carbonyl (C=O) groups is 1. The summed E-state index contributed by atoms with van der Waals surface area (Å²) in [5, 5.41) is 10.2. The first-order valence-corrected chi connectivity index (χ1v) is 8.26. The van der Waals surface area contributed by atoms with Crippen LogP contribution in [0.2, 0.25) is 0 Å². The van der Waals surface area contributed by atoms with E-state index in [0.29, 0.717) is 0 Å². The van der Waals surface area contributed by atoms with Crippen LogP contribution in [0.15, 0.2) is 59.1 Å². The van der Waals surface area contributed by atoms with Crippen molar-refractivity contribution in [2.24, 2.45) is 0 Å². The number of benzene rings is 2. The summed E-state index contributed by atoms with van der Waals surface area (Å²) in [7, 11) is 0. The van der Waals surface area contributed by atoms with Crippen LogP contribution in [0.1, 0.15) is 25.0 Å². The molecule has 0 aliphatic carbocycles. The second-order valence-electron chi connectivity index (χ2n) is 4.70. The maximum absolute atomic E-state index is 8.36. The molecule has 0 aromatic heterocycles. The Hall–Kier alpha value is -1.85. The number of hydrogen-bond donors (Lipinski definition) is 2. The number of halogens is 1. The SMILES string of the molecule is CCNCCC(Oc1ccccc1Br)c1ccccc1.O=CO. The van der Waals surface area contributed by atoms with E-state index in [9.17, 15) is 0 Å². The second-order valence-corrected chi connectivity index (χ2v) is 5.55. The van der Waals surface area contributed by atoms with Gasteiger partial charge >= 0.3 is 0 Å². The molecule has 0 aliphatic rings. The van der Waals surface area contributed by atoms with E-state index in [-0.39, 0.29) is 12.6 Å². The van der Waals surface area contributed by atoms with E-state index in [4.69, 9.17) is 14.6 Å². The standard InChI is InChI=1S/C17H20BrNO.CH2O2/c1-2-19-13-12-16(14-8-4-3-5-9-14)20-17-11-7-6-10-15(17)18;2-1-3/h3-11,16,19H,2,12-13H2,1H3;1H,(H,2,3). The van der Waals surface area contributed by atoms with E-state index in [0.717, 1.165) is 29.7 Å². The van der Waals surface area contributed by atoms with Gasteiger partial charge in [-0.25, -0.2) is 0 Å². The van der Waals surface area contributed by atoms with Crippen molar-refractivity contribution in [2.75, 3.05) is 13.1 Å². The van der Waals surface area contributed by atoms with Crippen molar-refractivity contribution < 1.29 is 14.6 Å². The number of rotatable bonds is 7.